The average Bonchev–Trinajstić information content (AvgIpc) is 2.67. The lowest BCUT2D eigenvalue weighted by atomic mass is 9.68. The van der Waals surface area contributed by atoms with Gasteiger partial charge in [-0.3, -0.25) is 0 Å². The van der Waals surface area contributed by atoms with Gasteiger partial charge in [-0.2, -0.15) is 0 Å². The summed E-state index contributed by atoms with van der Waals surface area (Å²) in [6.45, 7) is 4.28. The standard InChI is InChI=1S/C24H24O3/c1-24(2)23(17-7-5-4-6-8-17)22(16-9-11-18(25)12-10-16)20-14-13-19(26-3)15-21(20)27-24/h4-15,22-23,25H,1-3H3/t22-,23+/m0/s1. The van der Waals surface area contributed by atoms with Crippen LogP contribution in [0.1, 0.15) is 42.4 Å². The number of hydrogen-bond donors (Lipinski definition) is 1. The number of methoxy groups -OCH3 is 1. The van der Waals surface area contributed by atoms with Crippen LogP contribution in [0.5, 0.6) is 17.2 Å². The molecule has 1 N–H and O–H groups in total. The van der Waals surface area contributed by atoms with Gasteiger partial charge in [0.05, 0.1) is 7.11 Å². The zero-order chi connectivity index (χ0) is 19.0. The number of hydrogen-bond acceptors (Lipinski definition) is 3. The minimum Gasteiger partial charge on any atom is -0.508 e. The van der Waals surface area contributed by atoms with Crippen LogP contribution in [0.2, 0.25) is 0 Å². The molecule has 0 unspecified atom stereocenters. The van der Waals surface area contributed by atoms with Gasteiger partial charge in [0, 0.05) is 23.5 Å². The van der Waals surface area contributed by atoms with Crippen LogP contribution in [-0.2, 0) is 0 Å². The first-order valence-corrected chi connectivity index (χ1v) is 9.20. The van der Waals surface area contributed by atoms with Crippen molar-refractivity contribution in [2.45, 2.75) is 31.3 Å². The van der Waals surface area contributed by atoms with Crippen LogP contribution in [0.4, 0.5) is 0 Å². The van der Waals surface area contributed by atoms with Gasteiger partial charge in [0.25, 0.3) is 0 Å². The Morgan fingerprint density at radius 2 is 1.59 bits per heavy atom. The van der Waals surface area contributed by atoms with E-state index in [0.29, 0.717) is 0 Å². The Bertz CT molecular complexity index is 930. The van der Waals surface area contributed by atoms with Gasteiger partial charge in [-0.05, 0) is 43.2 Å². The van der Waals surface area contributed by atoms with Crippen LogP contribution in [0, 0.1) is 0 Å². The molecule has 2 atom stereocenters. The maximum Gasteiger partial charge on any atom is 0.127 e. The van der Waals surface area contributed by atoms with E-state index in [1.165, 1.54) is 5.56 Å². The topological polar surface area (TPSA) is 38.7 Å². The molecule has 0 amide bonds. The fraction of sp³-hybridized carbons (Fsp3) is 0.250. The van der Waals surface area contributed by atoms with E-state index in [9.17, 15) is 5.11 Å². The molecule has 1 aliphatic rings. The summed E-state index contributed by atoms with van der Waals surface area (Å²) < 4.78 is 11.9. The second kappa shape index (κ2) is 6.66. The summed E-state index contributed by atoms with van der Waals surface area (Å²) in [7, 11) is 1.67. The van der Waals surface area contributed by atoms with E-state index in [-0.39, 0.29) is 17.6 Å². The molecule has 0 aliphatic carbocycles. The van der Waals surface area contributed by atoms with Crippen LogP contribution < -0.4 is 9.47 Å². The van der Waals surface area contributed by atoms with Gasteiger partial charge in [-0.15, -0.1) is 0 Å². The van der Waals surface area contributed by atoms with Gasteiger partial charge < -0.3 is 14.6 Å². The van der Waals surface area contributed by atoms with Gasteiger partial charge in [0.1, 0.15) is 22.8 Å². The highest BCUT2D eigenvalue weighted by Gasteiger charge is 2.45. The molecule has 0 fully saturated rings. The average molecular weight is 360 g/mol. The Hall–Kier alpha value is -2.94. The summed E-state index contributed by atoms with van der Waals surface area (Å²) in [5, 5.41) is 9.76. The van der Waals surface area contributed by atoms with Crippen LogP contribution in [0.3, 0.4) is 0 Å². The number of phenolic OH excluding ortho intramolecular Hbond substituents is 1. The third-order valence-electron chi connectivity index (χ3n) is 5.42. The molecule has 1 aliphatic heterocycles. The molecule has 4 rings (SSSR count). The highest BCUT2D eigenvalue weighted by Crippen LogP contribution is 2.53. The molecule has 3 aromatic carbocycles. The van der Waals surface area contributed by atoms with Gasteiger partial charge in [0.15, 0.2) is 0 Å². The summed E-state index contributed by atoms with van der Waals surface area (Å²) in [4.78, 5) is 0. The van der Waals surface area contributed by atoms with Crippen LogP contribution in [0.25, 0.3) is 0 Å². The molecule has 0 bridgehead atoms. The summed E-state index contributed by atoms with van der Waals surface area (Å²) in [5.74, 6) is 2.15. The summed E-state index contributed by atoms with van der Waals surface area (Å²) in [6.07, 6.45) is 0. The quantitative estimate of drug-likeness (QED) is 0.671. The summed E-state index contributed by atoms with van der Waals surface area (Å²) in [5.41, 5.74) is 3.12. The molecular weight excluding hydrogens is 336 g/mol. The highest BCUT2D eigenvalue weighted by atomic mass is 16.5. The largest absolute Gasteiger partial charge is 0.508 e. The van der Waals surface area contributed by atoms with Crippen molar-refractivity contribution in [3.8, 4) is 17.2 Å². The number of ether oxygens (including phenoxy) is 2. The summed E-state index contributed by atoms with van der Waals surface area (Å²) in [6, 6.07) is 24.1. The Balaban J connectivity index is 1.94. The Morgan fingerprint density at radius 3 is 2.26 bits per heavy atom. The number of phenols is 1. The first-order chi connectivity index (χ1) is 13.0. The smallest absolute Gasteiger partial charge is 0.127 e. The molecular formula is C24H24O3. The first kappa shape index (κ1) is 17.5. The highest BCUT2D eigenvalue weighted by molar-refractivity contribution is 5.52. The van der Waals surface area contributed by atoms with E-state index in [2.05, 4.69) is 44.2 Å². The van der Waals surface area contributed by atoms with Gasteiger partial charge >= 0.3 is 0 Å². The van der Waals surface area contributed by atoms with Crippen LogP contribution in [-0.4, -0.2) is 17.8 Å². The maximum atomic E-state index is 9.76. The van der Waals surface area contributed by atoms with Crippen molar-refractivity contribution in [3.05, 3.63) is 89.5 Å². The van der Waals surface area contributed by atoms with Gasteiger partial charge in [-0.25, -0.2) is 0 Å². The number of benzene rings is 3. The van der Waals surface area contributed by atoms with E-state index in [1.807, 2.05) is 30.3 Å². The number of rotatable bonds is 3. The minimum atomic E-state index is -0.413. The predicted molar refractivity (Wildman–Crippen MR) is 107 cm³/mol. The first-order valence-electron chi connectivity index (χ1n) is 9.20. The predicted octanol–water partition coefficient (Wildman–Crippen LogP) is 5.49. The monoisotopic (exact) mass is 360 g/mol. The van der Waals surface area contributed by atoms with Crippen molar-refractivity contribution in [1.29, 1.82) is 0 Å². The lowest BCUT2D eigenvalue weighted by Gasteiger charge is -2.45. The van der Waals surface area contributed by atoms with Crippen molar-refractivity contribution >= 4 is 0 Å². The molecule has 27 heavy (non-hydrogen) atoms. The second-order valence-corrected chi connectivity index (χ2v) is 7.57. The van der Waals surface area contributed by atoms with Gasteiger partial charge in [0.2, 0.25) is 0 Å². The van der Waals surface area contributed by atoms with Gasteiger partial charge in [-0.1, -0.05) is 48.5 Å². The third kappa shape index (κ3) is 3.14. The fourth-order valence-corrected chi connectivity index (χ4v) is 4.22. The van der Waals surface area contributed by atoms with Crippen LogP contribution >= 0.6 is 0 Å². The zero-order valence-corrected chi connectivity index (χ0v) is 15.8. The zero-order valence-electron chi connectivity index (χ0n) is 15.8. The van der Waals surface area contributed by atoms with Crippen molar-refractivity contribution < 1.29 is 14.6 Å². The Labute approximate surface area is 160 Å². The van der Waals surface area contributed by atoms with Crippen molar-refractivity contribution in [3.63, 3.8) is 0 Å². The van der Waals surface area contributed by atoms with Crippen molar-refractivity contribution in [1.82, 2.24) is 0 Å². The molecule has 1 heterocycles. The number of fused-ring (bicyclic) bond motifs is 1. The molecule has 0 saturated heterocycles. The van der Waals surface area contributed by atoms with E-state index in [1.54, 1.807) is 19.2 Å². The van der Waals surface area contributed by atoms with Crippen molar-refractivity contribution in [2.75, 3.05) is 7.11 Å². The molecule has 138 valence electrons. The molecule has 0 saturated carbocycles. The van der Waals surface area contributed by atoms with Crippen LogP contribution in [0.15, 0.2) is 72.8 Å². The normalized spacial score (nSPS) is 20.4. The Morgan fingerprint density at radius 1 is 0.889 bits per heavy atom. The van der Waals surface area contributed by atoms with E-state index in [4.69, 9.17) is 9.47 Å². The Kier molecular flexibility index (Phi) is 4.31. The minimum absolute atomic E-state index is 0.109. The van der Waals surface area contributed by atoms with E-state index in [0.717, 1.165) is 22.6 Å². The lowest BCUT2D eigenvalue weighted by molar-refractivity contribution is 0.0528. The fourth-order valence-electron chi connectivity index (χ4n) is 4.22. The number of aromatic hydroxyl groups is 1. The molecule has 0 spiro atoms. The molecule has 0 radical (unpaired) electrons. The van der Waals surface area contributed by atoms with Crippen molar-refractivity contribution in [2.24, 2.45) is 0 Å². The molecule has 0 aromatic heterocycles. The van der Waals surface area contributed by atoms with E-state index >= 15 is 0 Å². The third-order valence-corrected chi connectivity index (χ3v) is 5.42. The lowest BCUT2D eigenvalue weighted by Crippen LogP contribution is -2.43. The van der Waals surface area contributed by atoms with E-state index < -0.39 is 5.60 Å². The second-order valence-electron chi connectivity index (χ2n) is 7.57. The molecule has 3 heteroatoms. The SMILES string of the molecule is COc1ccc2c(c1)OC(C)(C)[C@H](c1ccccc1)[C@H]2c1ccc(O)cc1. The molecule has 3 nitrogen and oxygen atoms in total. The summed E-state index contributed by atoms with van der Waals surface area (Å²) >= 11 is 0. The molecule has 3 aromatic rings. The maximum absolute atomic E-state index is 9.76.